The van der Waals surface area contributed by atoms with Crippen molar-refractivity contribution >= 4 is 38.5 Å². The molecule has 32 heavy (non-hydrogen) atoms. The third kappa shape index (κ3) is 5.04. The lowest BCUT2D eigenvalue weighted by molar-refractivity contribution is -0.119. The van der Waals surface area contributed by atoms with Gasteiger partial charge in [0.1, 0.15) is 16.8 Å². The van der Waals surface area contributed by atoms with Gasteiger partial charge in [-0.3, -0.25) is 10.1 Å². The van der Waals surface area contributed by atoms with Crippen molar-refractivity contribution in [1.29, 1.82) is 0 Å². The van der Waals surface area contributed by atoms with E-state index >= 15 is 0 Å². The zero-order valence-corrected chi connectivity index (χ0v) is 19.0. The van der Waals surface area contributed by atoms with Crippen LogP contribution in [0.2, 0.25) is 0 Å². The number of carbonyl (C=O) groups excluding carboxylic acids is 1. The van der Waals surface area contributed by atoms with Gasteiger partial charge in [0.2, 0.25) is 21.1 Å². The molecular weight excluding hydrogens is 448 g/mol. The number of amides is 1. The lowest BCUT2D eigenvalue weighted by Crippen LogP contribution is -2.42. The molecule has 8 nitrogen and oxygen atoms in total. The van der Waals surface area contributed by atoms with Gasteiger partial charge >= 0.3 is 0 Å². The molecule has 0 aliphatic carbocycles. The summed E-state index contributed by atoms with van der Waals surface area (Å²) in [6.07, 6.45) is 2.60. The van der Waals surface area contributed by atoms with E-state index in [9.17, 15) is 13.2 Å². The fourth-order valence-corrected chi connectivity index (χ4v) is 5.60. The molecule has 1 amide bonds. The predicted molar refractivity (Wildman–Crippen MR) is 125 cm³/mol. The molecule has 1 atom stereocenters. The van der Waals surface area contributed by atoms with Crippen LogP contribution >= 0.6 is 11.3 Å². The zero-order valence-electron chi connectivity index (χ0n) is 17.3. The van der Waals surface area contributed by atoms with Crippen LogP contribution in [-0.2, 0) is 14.8 Å². The summed E-state index contributed by atoms with van der Waals surface area (Å²) in [6.45, 7) is 0.298. The number of ether oxygens (including phenoxy) is 1. The summed E-state index contributed by atoms with van der Waals surface area (Å²) >= 11 is 1.23. The van der Waals surface area contributed by atoms with Crippen LogP contribution in [0.3, 0.4) is 0 Å². The summed E-state index contributed by atoms with van der Waals surface area (Å²) in [5.74, 6) is 0.326. The number of aromatic nitrogens is 2. The normalized spacial score (nSPS) is 17.0. The summed E-state index contributed by atoms with van der Waals surface area (Å²) in [5, 5.41) is 13.0. The van der Waals surface area contributed by atoms with Crippen molar-refractivity contribution in [2.45, 2.75) is 18.9 Å². The summed E-state index contributed by atoms with van der Waals surface area (Å²) in [6, 6.07) is 15.7. The smallest absolute Gasteiger partial charge is 0.244 e. The van der Waals surface area contributed by atoms with Crippen LogP contribution < -0.4 is 10.1 Å². The second-order valence-electron chi connectivity index (χ2n) is 7.16. The standard InChI is InChI=1S/C22H22N4O4S2/c1-30-18-11-9-17(10-12-18)21-24-25-22(31-21)23-20(27)19-8-5-14-26(19)32(28,29)15-13-16-6-3-2-4-7-16/h2-4,6-7,9-13,15,19H,5,8,14H2,1H3,(H,23,25,27)/b15-13+. The molecule has 10 heteroatoms. The molecule has 0 bridgehead atoms. The number of methoxy groups -OCH3 is 1. The number of sulfonamides is 1. The van der Waals surface area contributed by atoms with Gasteiger partial charge in [-0.2, -0.15) is 4.31 Å². The number of rotatable bonds is 7. The predicted octanol–water partition coefficient (Wildman–Crippen LogP) is 3.62. The molecule has 4 rings (SSSR count). The Labute approximate surface area is 190 Å². The van der Waals surface area contributed by atoms with Gasteiger partial charge in [0.05, 0.1) is 7.11 Å². The summed E-state index contributed by atoms with van der Waals surface area (Å²) in [7, 11) is -2.15. The molecule has 0 spiro atoms. The largest absolute Gasteiger partial charge is 0.497 e. The molecule has 2 heterocycles. The van der Waals surface area contributed by atoms with Gasteiger partial charge in [-0.05, 0) is 48.7 Å². The van der Waals surface area contributed by atoms with Crippen molar-refractivity contribution < 1.29 is 17.9 Å². The molecule has 1 aliphatic heterocycles. The fourth-order valence-electron chi connectivity index (χ4n) is 3.43. The first-order valence-electron chi connectivity index (χ1n) is 10.00. The molecule has 0 saturated carbocycles. The first-order valence-corrected chi connectivity index (χ1v) is 12.3. The summed E-state index contributed by atoms with van der Waals surface area (Å²) in [5.41, 5.74) is 1.62. The third-order valence-corrected chi connectivity index (χ3v) is 7.52. The van der Waals surface area contributed by atoms with Gasteiger partial charge in [0.15, 0.2) is 0 Å². The van der Waals surface area contributed by atoms with E-state index in [0.717, 1.165) is 22.3 Å². The Balaban J connectivity index is 1.44. The van der Waals surface area contributed by atoms with Crippen molar-refractivity contribution in [3.63, 3.8) is 0 Å². The van der Waals surface area contributed by atoms with E-state index in [1.807, 2.05) is 54.6 Å². The molecule has 3 aromatic rings. The third-order valence-electron chi connectivity index (χ3n) is 5.06. The lowest BCUT2D eigenvalue weighted by Gasteiger charge is -2.21. The van der Waals surface area contributed by atoms with E-state index in [4.69, 9.17) is 4.74 Å². The minimum Gasteiger partial charge on any atom is -0.497 e. The highest BCUT2D eigenvalue weighted by Gasteiger charge is 2.37. The van der Waals surface area contributed by atoms with Gasteiger partial charge in [0, 0.05) is 17.5 Å². The maximum atomic E-state index is 12.9. The fraction of sp³-hybridized carbons (Fsp3) is 0.227. The van der Waals surface area contributed by atoms with Crippen molar-refractivity contribution in [1.82, 2.24) is 14.5 Å². The molecule has 2 aromatic carbocycles. The first-order chi connectivity index (χ1) is 15.5. The van der Waals surface area contributed by atoms with E-state index in [1.54, 1.807) is 7.11 Å². The molecule has 166 valence electrons. The van der Waals surface area contributed by atoms with Crippen LogP contribution in [-0.4, -0.2) is 48.5 Å². The molecule has 1 N–H and O–H groups in total. The molecule has 1 saturated heterocycles. The van der Waals surface area contributed by atoms with Crippen LogP contribution in [0.4, 0.5) is 5.13 Å². The van der Waals surface area contributed by atoms with Crippen LogP contribution in [0.5, 0.6) is 5.75 Å². The van der Waals surface area contributed by atoms with Crippen molar-refractivity contribution in [3.8, 4) is 16.3 Å². The molecule has 1 aliphatic rings. The second kappa shape index (κ2) is 9.60. The average molecular weight is 471 g/mol. The number of hydrogen-bond donors (Lipinski definition) is 1. The van der Waals surface area contributed by atoms with E-state index in [1.165, 1.54) is 21.7 Å². The highest BCUT2D eigenvalue weighted by Crippen LogP contribution is 2.29. The van der Waals surface area contributed by atoms with E-state index < -0.39 is 22.0 Å². The van der Waals surface area contributed by atoms with Crippen molar-refractivity contribution in [2.75, 3.05) is 19.0 Å². The Kier molecular flexibility index (Phi) is 6.63. The van der Waals surface area contributed by atoms with E-state index in [0.29, 0.717) is 29.5 Å². The topological polar surface area (TPSA) is 101 Å². The number of anilines is 1. The Morgan fingerprint density at radius 1 is 1.16 bits per heavy atom. The Hall–Kier alpha value is -3.08. The van der Waals surface area contributed by atoms with Gasteiger partial charge < -0.3 is 4.74 Å². The Bertz CT molecular complexity index is 1210. The van der Waals surface area contributed by atoms with Crippen LogP contribution in [0.1, 0.15) is 18.4 Å². The Morgan fingerprint density at radius 2 is 1.91 bits per heavy atom. The quantitative estimate of drug-likeness (QED) is 0.566. The Morgan fingerprint density at radius 3 is 2.62 bits per heavy atom. The van der Waals surface area contributed by atoms with Crippen molar-refractivity contribution in [2.24, 2.45) is 0 Å². The maximum Gasteiger partial charge on any atom is 0.244 e. The van der Waals surface area contributed by atoms with Gasteiger partial charge in [-0.25, -0.2) is 8.42 Å². The number of nitrogens with zero attached hydrogens (tertiary/aromatic N) is 3. The second-order valence-corrected chi connectivity index (χ2v) is 9.91. The monoisotopic (exact) mass is 470 g/mol. The molecule has 1 fully saturated rings. The van der Waals surface area contributed by atoms with Crippen molar-refractivity contribution in [3.05, 3.63) is 65.6 Å². The first kappa shape index (κ1) is 22.1. The SMILES string of the molecule is COc1ccc(-c2nnc(NC(=O)C3CCCN3S(=O)(=O)/C=C/c3ccccc3)s2)cc1. The van der Waals surface area contributed by atoms with E-state index in [2.05, 4.69) is 15.5 Å². The van der Waals surface area contributed by atoms with Crippen LogP contribution in [0, 0.1) is 0 Å². The lowest BCUT2D eigenvalue weighted by atomic mass is 10.2. The van der Waals surface area contributed by atoms with Gasteiger partial charge in [-0.1, -0.05) is 41.7 Å². The van der Waals surface area contributed by atoms with Gasteiger partial charge in [-0.15, -0.1) is 10.2 Å². The molecule has 1 unspecified atom stereocenters. The van der Waals surface area contributed by atoms with Crippen LogP contribution in [0.25, 0.3) is 16.6 Å². The number of carbonyl (C=O) groups is 1. The number of hydrogen-bond acceptors (Lipinski definition) is 7. The van der Waals surface area contributed by atoms with E-state index in [-0.39, 0.29) is 0 Å². The van der Waals surface area contributed by atoms with Crippen LogP contribution in [0.15, 0.2) is 60.0 Å². The highest BCUT2D eigenvalue weighted by molar-refractivity contribution is 7.92. The maximum absolute atomic E-state index is 12.9. The summed E-state index contributed by atoms with van der Waals surface area (Å²) in [4.78, 5) is 12.9. The minimum absolute atomic E-state index is 0.298. The minimum atomic E-state index is -3.74. The molecular formula is C22H22N4O4S2. The average Bonchev–Trinajstić information content (AvgIpc) is 3.49. The van der Waals surface area contributed by atoms with Gasteiger partial charge in [0.25, 0.3) is 0 Å². The molecule has 1 aromatic heterocycles. The highest BCUT2D eigenvalue weighted by atomic mass is 32.2. The molecule has 0 radical (unpaired) electrons. The summed E-state index contributed by atoms with van der Waals surface area (Å²) < 4.78 is 32.1. The zero-order chi connectivity index (χ0) is 22.6. The number of nitrogens with one attached hydrogen (secondary N) is 1. The number of benzene rings is 2.